The molecule has 0 radical (unpaired) electrons. The molecule has 2 aromatic rings. The summed E-state index contributed by atoms with van der Waals surface area (Å²) in [6, 6.07) is 10.4. The molecule has 0 aliphatic rings. The molecular weight excluding hydrogens is 286 g/mol. The summed E-state index contributed by atoms with van der Waals surface area (Å²) in [5.41, 5.74) is 1.12. The van der Waals surface area contributed by atoms with Crippen LogP contribution in [0.3, 0.4) is 0 Å². The van der Waals surface area contributed by atoms with Gasteiger partial charge >= 0.3 is 0 Å². The standard InChI is InChI=1S/C15H9Cl2FO/c16-12-5-1-10(14(17)9-12)4-8-15(19)11-2-6-13(18)7-3-11/h1-9H/b8-4+. The van der Waals surface area contributed by atoms with Crippen molar-refractivity contribution in [2.75, 3.05) is 0 Å². The number of carbonyl (C=O) groups excluding carboxylic acids is 1. The van der Waals surface area contributed by atoms with Gasteiger partial charge in [-0.3, -0.25) is 4.79 Å². The van der Waals surface area contributed by atoms with Gasteiger partial charge in [-0.1, -0.05) is 29.3 Å². The van der Waals surface area contributed by atoms with Gasteiger partial charge in [0, 0.05) is 15.6 Å². The van der Waals surface area contributed by atoms with E-state index in [0.717, 1.165) is 0 Å². The summed E-state index contributed by atoms with van der Waals surface area (Å²) in [6.07, 6.45) is 2.99. The summed E-state index contributed by atoms with van der Waals surface area (Å²) >= 11 is 11.8. The summed E-state index contributed by atoms with van der Waals surface area (Å²) in [5.74, 6) is -0.590. The second kappa shape index (κ2) is 6.00. The van der Waals surface area contributed by atoms with Crippen LogP contribution < -0.4 is 0 Å². The fourth-order valence-corrected chi connectivity index (χ4v) is 1.98. The second-order valence-corrected chi connectivity index (χ2v) is 4.71. The first kappa shape index (κ1) is 13.8. The Morgan fingerprint density at radius 2 is 1.74 bits per heavy atom. The van der Waals surface area contributed by atoms with Gasteiger partial charge in [0.15, 0.2) is 5.78 Å². The minimum Gasteiger partial charge on any atom is -0.289 e. The number of halogens is 3. The highest BCUT2D eigenvalue weighted by molar-refractivity contribution is 6.35. The second-order valence-electron chi connectivity index (χ2n) is 3.87. The van der Waals surface area contributed by atoms with Crippen molar-refractivity contribution >= 4 is 35.1 Å². The van der Waals surface area contributed by atoms with Crippen molar-refractivity contribution in [2.45, 2.75) is 0 Å². The molecule has 0 bridgehead atoms. The minimum atomic E-state index is -0.374. The van der Waals surface area contributed by atoms with Crippen LogP contribution in [0.15, 0.2) is 48.5 Å². The van der Waals surface area contributed by atoms with Crippen LogP contribution in [0, 0.1) is 5.82 Å². The van der Waals surface area contributed by atoms with Crippen LogP contribution in [0.2, 0.25) is 10.0 Å². The van der Waals surface area contributed by atoms with Crippen LogP contribution in [0.25, 0.3) is 6.08 Å². The molecule has 0 fully saturated rings. The van der Waals surface area contributed by atoms with E-state index in [4.69, 9.17) is 23.2 Å². The highest BCUT2D eigenvalue weighted by Gasteiger charge is 2.03. The monoisotopic (exact) mass is 294 g/mol. The van der Waals surface area contributed by atoms with Crippen LogP contribution in [0.4, 0.5) is 4.39 Å². The molecule has 2 rings (SSSR count). The maximum Gasteiger partial charge on any atom is 0.185 e. The Morgan fingerprint density at radius 1 is 1.05 bits per heavy atom. The topological polar surface area (TPSA) is 17.1 Å². The maximum absolute atomic E-state index is 12.7. The summed E-state index contributed by atoms with van der Waals surface area (Å²) in [5, 5.41) is 1.00. The molecule has 0 unspecified atom stereocenters. The average Bonchev–Trinajstić information content (AvgIpc) is 2.38. The lowest BCUT2D eigenvalue weighted by atomic mass is 10.1. The van der Waals surface area contributed by atoms with Gasteiger partial charge in [-0.2, -0.15) is 0 Å². The van der Waals surface area contributed by atoms with Crippen LogP contribution in [0.1, 0.15) is 15.9 Å². The number of hydrogen-bond acceptors (Lipinski definition) is 1. The molecule has 2 aromatic carbocycles. The molecule has 0 spiro atoms. The van der Waals surface area contributed by atoms with Crippen molar-refractivity contribution in [3.63, 3.8) is 0 Å². The van der Waals surface area contributed by atoms with E-state index in [9.17, 15) is 9.18 Å². The van der Waals surface area contributed by atoms with E-state index in [-0.39, 0.29) is 11.6 Å². The summed E-state index contributed by atoms with van der Waals surface area (Å²) in [7, 11) is 0. The number of ketones is 1. The van der Waals surface area contributed by atoms with E-state index in [1.807, 2.05) is 0 Å². The number of allylic oxidation sites excluding steroid dienone is 1. The van der Waals surface area contributed by atoms with Crippen molar-refractivity contribution in [3.05, 3.63) is 75.5 Å². The average molecular weight is 295 g/mol. The van der Waals surface area contributed by atoms with Crippen LogP contribution in [-0.2, 0) is 0 Å². The first-order chi connectivity index (χ1) is 9.06. The van der Waals surface area contributed by atoms with Crippen molar-refractivity contribution in [3.8, 4) is 0 Å². The van der Waals surface area contributed by atoms with Gasteiger partial charge in [0.25, 0.3) is 0 Å². The summed E-state index contributed by atoms with van der Waals surface area (Å²) in [6.45, 7) is 0. The Kier molecular flexibility index (Phi) is 4.35. The smallest absolute Gasteiger partial charge is 0.185 e. The Bertz CT molecular complexity index is 633. The molecule has 0 aliphatic carbocycles. The first-order valence-corrected chi connectivity index (χ1v) is 6.25. The fraction of sp³-hybridized carbons (Fsp3) is 0. The van der Waals surface area contributed by atoms with E-state index in [0.29, 0.717) is 21.2 Å². The zero-order chi connectivity index (χ0) is 13.8. The Hall–Kier alpha value is -1.64. The van der Waals surface area contributed by atoms with Gasteiger partial charge in [-0.15, -0.1) is 0 Å². The highest BCUT2D eigenvalue weighted by atomic mass is 35.5. The lowest BCUT2D eigenvalue weighted by Gasteiger charge is -1.99. The molecule has 96 valence electrons. The molecule has 0 heterocycles. The quantitative estimate of drug-likeness (QED) is 0.573. The van der Waals surface area contributed by atoms with Crippen molar-refractivity contribution in [1.29, 1.82) is 0 Å². The molecule has 0 atom stereocenters. The molecule has 19 heavy (non-hydrogen) atoms. The van der Waals surface area contributed by atoms with E-state index in [1.165, 1.54) is 30.3 Å². The Morgan fingerprint density at radius 3 is 2.37 bits per heavy atom. The highest BCUT2D eigenvalue weighted by Crippen LogP contribution is 2.22. The molecule has 0 saturated heterocycles. The summed E-state index contributed by atoms with van der Waals surface area (Å²) < 4.78 is 12.7. The van der Waals surface area contributed by atoms with Gasteiger partial charge in [0.1, 0.15) is 5.82 Å². The van der Waals surface area contributed by atoms with Crippen molar-refractivity contribution in [2.24, 2.45) is 0 Å². The molecule has 1 nitrogen and oxygen atoms in total. The molecule has 0 aromatic heterocycles. The van der Waals surface area contributed by atoms with Gasteiger partial charge in [0.2, 0.25) is 0 Å². The minimum absolute atomic E-state index is 0.217. The molecule has 0 saturated carbocycles. The Balaban J connectivity index is 2.18. The van der Waals surface area contributed by atoms with E-state index < -0.39 is 0 Å². The van der Waals surface area contributed by atoms with E-state index in [1.54, 1.807) is 24.3 Å². The third kappa shape index (κ3) is 3.66. The zero-order valence-corrected chi connectivity index (χ0v) is 11.3. The molecule has 0 N–H and O–H groups in total. The molecule has 4 heteroatoms. The van der Waals surface area contributed by atoms with Gasteiger partial charge in [0.05, 0.1) is 0 Å². The largest absolute Gasteiger partial charge is 0.289 e. The lowest BCUT2D eigenvalue weighted by molar-refractivity contribution is 0.104. The van der Waals surface area contributed by atoms with Crippen LogP contribution in [-0.4, -0.2) is 5.78 Å². The third-order valence-electron chi connectivity index (χ3n) is 2.51. The predicted octanol–water partition coefficient (Wildman–Crippen LogP) is 5.03. The van der Waals surface area contributed by atoms with E-state index in [2.05, 4.69) is 0 Å². The van der Waals surface area contributed by atoms with Crippen LogP contribution in [0.5, 0.6) is 0 Å². The van der Waals surface area contributed by atoms with E-state index >= 15 is 0 Å². The summed E-state index contributed by atoms with van der Waals surface area (Å²) in [4.78, 5) is 11.8. The number of rotatable bonds is 3. The molecule has 0 aliphatic heterocycles. The number of benzene rings is 2. The molecular formula is C15H9Cl2FO. The Labute approximate surface area is 120 Å². The van der Waals surface area contributed by atoms with Gasteiger partial charge in [-0.05, 0) is 54.1 Å². The predicted molar refractivity (Wildman–Crippen MR) is 76.2 cm³/mol. The lowest BCUT2D eigenvalue weighted by Crippen LogP contribution is -1.93. The fourth-order valence-electron chi connectivity index (χ4n) is 1.51. The first-order valence-electron chi connectivity index (χ1n) is 5.49. The van der Waals surface area contributed by atoms with Crippen LogP contribution >= 0.6 is 23.2 Å². The van der Waals surface area contributed by atoms with Gasteiger partial charge < -0.3 is 0 Å². The zero-order valence-electron chi connectivity index (χ0n) is 9.74. The van der Waals surface area contributed by atoms with Crippen molar-refractivity contribution in [1.82, 2.24) is 0 Å². The van der Waals surface area contributed by atoms with Crippen molar-refractivity contribution < 1.29 is 9.18 Å². The number of hydrogen-bond donors (Lipinski definition) is 0. The van der Waals surface area contributed by atoms with Gasteiger partial charge in [-0.25, -0.2) is 4.39 Å². The maximum atomic E-state index is 12.7. The number of carbonyl (C=O) groups is 1. The third-order valence-corrected chi connectivity index (χ3v) is 3.07. The SMILES string of the molecule is O=C(/C=C/c1ccc(Cl)cc1Cl)c1ccc(F)cc1. The normalized spacial score (nSPS) is 10.9. The molecule has 0 amide bonds.